The lowest BCUT2D eigenvalue weighted by atomic mass is 9.92. The Morgan fingerprint density at radius 1 is 1.19 bits per heavy atom. The van der Waals surface area contributed by atoms with Gasteiger partial charge in [-0.25, -0.2) is 0 Å². The Balaban J connectivity index is 1.50. The summed E-state index contributed by atoms with van der Waals surface area (Å²) in [5, 5.41) is 3.72. The lowest BCUT2D eigenvalue weighted by molar-refractivity contribution is 0.0979. The molecule has 1 aromatic carbocycles. The van der Waals surface area contributed by atoms with E-state index < -0.39 is 0 Å². The third-order valence-electron chi connectivity index (χ3n) is 4.84. The summed E-state index contributed by atoms with van der Waals surface area (Å²) < 4.78 is 5.79. The van der Waals surface area contributed by atoms with Gasteiger partial charge in [0.2, 0.25) is 0 Å². The molecule has 0 spiro atoms. The zero-order valence-corrected chi connectivity index (χ0v) is 13.3. The van der Waals surface area contributed by atoms with E-state index in [4.69, 9.17) is 4.74 Å². The molecule has 21 heavy (non-hydrogen) atoms. The van der Waals surface area contributed by atoms with Crippen LogP contribution in [0.4, 0.5) is 0 Å². The molecule has 1 aliphatic heterocycles. The highest BCUT2D eigenvalue weighted by Gasteiger charge is 2.23. The van der Waals surface area contributed by atoms with Crippen molar-refractivity contribution in [3.05, 3.63) is 35.4 Å². The van der Waals surface area contributed by atoms with Gasteiger partial charge in [0.15, 0.2) is 0 Å². The highest BCUT2D eigenvalue weighted by molar-refractivity contribution is 5.21. The molecule has 2 unspecified atom stereocenters. The lowest BCUT2D eigenvalue weighted by Gasteiger charge is -2.20. The van der Waals surface area contributed by atoms with E-state index in [1.54, 1.807) is 0 Å². The summed E-state index contributed by atoms with van der Waals surface area (Å²) in [6.07, 6.45) is 9.55. The van der Waals surface area contributed by atoms with Crippen LogP contribution in [0, 0.1) is 12.8 Å². The van der Waals surface area contributed by atoms with Crippen molar-refractivity contribution < 1.29 is 4.74 Å². The van der Waals surface area contributed by atoms with E-state index in [2.05, 4.69) is 36.5 Å². The van der Waals surface area contributed by atoms with Gasteiger partial charge in [-0.15, -0.1) is 0 Å². The Bertz CT molecular complexity index is 418. The molecule has 0 aromatic heterocycles. The zero-order chi connectivity index (χ0) is 14.5. The molecule has 1 aromatic rings. The summed E-state index contributed by atoms with van der Waals surface area (Å²) in [5.74, 6) is 0.748. The summed E-state index contributed by atoms with van der Waals surface area (Å²) in [4.78, 5) is 0. The standard InChI is InChI=1S/C19H29NO/c1-15-4-6-16(7-5-15)13-17(14-20-18-9-10-18)8-11-19-3-2-12-21-19/h4-7,17-20H,2-3,8-14H2,1H3. The SMILES string of the molecule is Cc1ccc(CC(CCC2CCCO2)CNC2CC2)cc1. The topological polar surface area (TPSA) is 21.3 Å². The van der Waals surface area contributed by atoms with Crippen LogP contribution in [0.25, 0.3) is 0 Å². The number of nitrogens with one attached hydrogen (secondary N) is 1. The van der Waals surface area contributed by atoms with Crippen molar-refractivity contribution >= 4 is 0 Å². The van der Waals surface area contributed by atoms with Gasteiger partial charge in [-0.1, -0.05) is 29.8 Å². The Kier molecular flexibility index (Phi) is 5.32. The van der Waals surface area contributed by atoms with Gasteiger partial charge in [0, 0.05) is 12.6 Å². The van der Waals surface area contributed by atoms with E-state index >= 15 is 0 Å². The van der Waals surface area contributed by atoms with Crippen LogP contribution in [-0.4, -0.2) is 25.3 Å². The number of benzene rings is 1. The Labute approximate surface area is 129 Å². The fourth-order valence-corrected chi connectivity index (χ4v) is 3.25. The van der Waals surface area contributed by atoms with Crippen molar-refractivity contribution in [1.82, 2.24) is 5.32 Å². The molecule has 0 bridgehead atoms. The molecular weight excluding hydrogens is 258 g/mol. The first-order chi connectivity index (χ1) is 10.3. The van der Waals surface area contributed by atoms with Crippen molar-refractivity contribution in [3.8, 4) is 0 Å². The average molecular weight is 287 g/mol. The molecule has 2 fully saturated rings. The van der Waals surface area contributed by atoms with Crippen molar-refractivity contribution in [2.24, 2.45) is 5.92 Å². The minimum Gasteiger partial charge on any atom is -0.378 e. The van der Waals surface area contributed by atoms with Gasteiger partial charge in [0.05, 0.1) is 6.10 Å². The van der Waals surface area contributed by atoms with E-state index in [-0.39, 0.29) is 0 Å². The predicted octanol–water partition coefficient (Wildman–Crippen LogP) is 3.86. The maximum atomic E-state index is 5.79. The monoisotopic (exact) mass is 287 g/mol. The minimum absolute atomic E-state index is 0.534. The fourth-order valence-electron chi connectivity index (χ4n) is 3.25. The summed E-state index contributed by atoms with van der Waals surface area (Å²) in [6.45, 7) is 4.31. The number of aryl methyl sites for hydroxylation is 1. The maximum Gasteiger partial charge on any atom is 0.0576 e. The fraction of sp³-hybridized carbons (Fsp3) is 0.684. The van der Waals surface area contributed by atoms with E-state index in [0.717, 1.165) is 18.6 Å². The molecule has 0 amide bonds. The molecule has 2 heteroatoms. The lowest BCUT2D eigenvalue weighted by Crippen LogP contribution is -2.27. The molecular formula is C19H29NO. The normalized spacial score (nSPS) is 23.4. The van der Waals surface area contributed by atoms with E-state index in [0.29, 0.717) is 6.10 Å². The molecule has 0 radical (unpaired) electrons. The zero-order valence-electron chi connectivity index (χ0n) is 13.3. The van der Waals surface area contributed by atoms with Gasteiger partial charge in [0.25, 0.3) is 0 Å². The number of hydrogen-bond acceptors (Lipinski definition) is 2. The molecule has 116 valence electrons. The molecule has 1 N–H and O–H groups in total. The third-order valence-corrected chi connectivity index (χ3v) is 4.84. The molecule has 1 aliphatic carbocycles. The van der Waals surface area contributed by atoms with Crippen LogP contribution in [0.1, 0.15) is 49.7 Å². The number of ether oxygens (including phenoxy) is 1. The second-order valence-electron chi connectivity index (χ2n) is 6.95. The highest BCUT2D eigenvalue weighted by atomic mass is 16.5. The van der Waals surface area contributed by atoms with Crippen molar-refractivity contribution in [3.63, 3.8) is 0 Å². The first-order valence-electron chi connectivity index (χ1n) is 8.70. The van der Waals surface area contributed by atoms with Gasteiger partial charge < -0.3 is 10.1 Å². The van der Waals surface area contributed by atoms with Crippen molar-refractivity contribution in [2.45, 2.75) is 64.0 Å². The third kappa shape index (κ3) is 5.12. The van der Waals surface area contributed by atoms with Gasteiger partial charge in [-0.3, -0.25) is 0 Å². The van der Waals surface area contributed by atoms with E-state index in [1.165, 1.54) is 62.6 Å². The molecule has 2 nitrogen and oxygen atoms in total. The predicted molar refractivity (Wildman–Crippen MR) is 87.6 cm³/mol. The molecule has 2 atom stereocenters. The largest absolute Gasteiger partial charge is 0.378 e. The molecule has 1 saturated heterocycles. The number of rotatable bonds is 8. The van der Waals surface area contributed by atoms with Gasteiger partial charge >= 0.3 is 0 Å². The molecule has 1 saturated carbocycles. The van der Waals surface area contributed by atoms with Gasteiger partial charge in [0.1, 0.15) is 0 Å². The maximum absolute atomic E-state index is 5.79. The molecule has 1 heterocycles. The van der Waals surface area contributed by atoms with Gasteiger partial charge in [-0.2, -0.15) is 0 Å². The Morgan fingerprint density at radius 2 is 2.00 bits per heavy atom. The quantitative estimate of drug-likeness (QED) is 0.784. The number of hydrogen-bond donors (Lipinski definition) is 1. The van der Waals surface area contributed by atoms with Crippen LogP contribution in [-0.2, 0) is 11.2 Å². The van der Waals surface area contributed by atoms with Crippen LogP contribution >= 0.6 is 0 Å². The van der Waals surface area contributed by atoms with Crippen LogP contribution in [0.5, 0.6) is 0 Å². The summed E-state index contributed by atoms with van der Waals surface area (Å²) >= 11 is 0. The van der Waals surface area contributed by atoms with Crippen LogP contribution < -0.4 is 5.32 Å². The van der Waals surface area contributed by atoms with E-state index in [1.807, 2.05) is 0 Å². The highest BCUT2D eigenvalue weighted by Crippen LogP contribution is 2.24. The van der Waals surface area contributed by atoms with Crippen molar-refractivity contribution in [2.75, 3.05) is 13.2 Å². The van der Waals surface area contributed by atoms with Crippen LogP contribution in [0.2, 0.25) is 0 Å². The van der Waals surface area contributed by atoms with Crippen molar-refractivity contribution in [1.29, 1.82) is 0 Å². The summed E-state index contributed by atoms with van der Waals surface area (Å²) in [7, 11) is 0. The first-order valence-corrected chi connectivity index (χ1v) is 8.70. The average Bonchev–Trinajstić information content (AvgIpc) is 3.18. The minimum atomic E-state index is 0.534. The Hall–Kier alpha value is -0.860. The Morgan fingerprint density at radius 3 is 2.67 bits per heavy atom. The summed E-state index contributed by atoms with van der Waals surface area (Å²) in [5.41, 5.74) is 2.83. The summed E-state index contributed by atoms with van der Waals surface area (Å²) in [6, 6.07) is 9.88. The molecule has 3 rings (SSSR count). The second kappa shape index (κ2) is 7.42. The molecule has 2 aliphatic rings. The first kappa shape index (κ1) is 15.1. The van der Waals surface area contributed by atoms with Gasteiger partial charge in [-0.05, 0) is 69.9 Å². The van der Waals surface area contributed by atoms with E-state index in [9.17, 15) is 0 Å². The second-order valence-corrected chi connectivity index (χ2v) is 6.95. The smallest absolute Gasteiger partial charge is 0.0576 e. The van der Waals surface area contributed by atoms with Crippen LogP contribution in [0.15, 0.2) is 24.3 Å². The van der Waals surface area contributed by atoms with Crippen LogP contribution in [0.3, 0.4) is 0 Å².